The van der Waals surface area contributed by atoms with Gasteiger partial charge in [-0.15, -0.1) is 0 Å². The first-order valence-electron chi connectivity index (χ1n) is 6.92. The highest BCUT2D eigenvalue weighted by molar-refractivity contribution is 5.47. The van der Waals surface area contributed by atoms with Gasteiger partial charge in [-0.05, 0) is 41.3 Å². The molecule has 0 aliphatic heterocycles. The molecule has 0 radical (unpaired) electrons. The van der Waals surface area contributed by atoms with Crippen LogP contribution in [0.15, 0.2) is 48.5 Å². The molecule has 1 unspecified atom stereocenters. The van der Waals surface area contributed by atoms with Gasteiger partial charge in [-0.1, -0.05) is 38.1 Å². The standard InChI is InChI=1S/C17H21FN2/c1-12(2)13-5-9-16(10-6-13)20-17(11-19)14-3-7-15(18)8-4-14/h3-10,12,17,20H,11,19H2,1-2H3. The summed E-state index contributed by atoms with van der Waals surface area (Å²) >= 11 is 0. The summed E-state index contributed by atoms with van der Waals surface area (Å²) in [6, 6.07) is 14.8. The van der Waals surface area contributed by atoms with Crippen LogP contribution in [0.1, 0.15) is 36.9 Å². The molecule has 0 aliphatic carbocycles. The molecule has 0 aromatic heterocycles. The number of rotatable bonds is 5. The van der Waals surface area contributed by atoms with E-state index < -0.39 is 0 Å². The van der Waals surface area contributed by atoms with Crippen LogP contribution >= 0.6 is 0 Å². The van der Waals surface area contributed by atoms with Crippen LogP contribution in [-0.4, -0.2) is 6.54 Å². The topological polar surface area (TPSA) is 38.0 Å². The summed E-state index contributed by atoms with van der Waals surface area (Å²) in [6.07, 6.45) is 0. The molecule has 0 amide bonds. The quantitative estimate of drug-likeness (QED) is 0.861. The fourth-order valence-corrected chi connectivity index (χ4v) is 2.14. The summed E-state index contributed by atoms with van der Waals surface area (Å²) < 4.78 is 12.9. The van der Waals surface area contributed by atoms with E-state index >= 15 is 0 Å². The van der Waals surface area contributed by atoms with Gasteiger partial charge in [-0.25, -0.2) is 4.39 Å². The van der Waals surface area contributed by atoms with Crippen molar-refractivity contribution in [3.8, 4) is 0 Å². The van der Waals surface area contributed by atoms with Gasteiger partial charge in [0.05, 0.1) is 6.04 Å². The number of nitrogens with two attached hydrogens (primary N) is 1. The van der Waals surface area contributed by atoms with Crippen molar-refractivity contribution in [2.75, 3.05) is 11.9 Å². The molecule has 0 heterocycles. The predicted molar refractivity (Wildman–Crippen MR) is 82.3 cm³/mol. The number of benzene rings is 2. The lowest BCUT2D eigenvalue weighted by molar-refractivity contribution is 0.626. The van der Waals surface area contributed by atoms with Crippen LogP contribution in [0.5, 0.6) is 0 Å². The zero-order chi connectivity index (χ0) is 14.5. The van der Waals surface area contributed by atoms with Crippen LogP contribution in [0.3, 0.4) is 0 Å². The average molecular weight is 272 g/mol. The van der Waals surface area contributed by atoms with Crippen molar-refractivity contribution < 1.29 is 4.39 Å². The maximum Gasteiger partial charge on any atom is 0.123 e. The van der Waals surface area contributed by atoms with E-state index in [9.17, 15) is 4.39 Å². The van der Waals surface area contributed by atoms with Gasteiger partial charge in [-0.3, -0.25) is 0 Å². The van der Waals surface area contributed by atoms with Crippen LogP contribution in [0, 0.1) is 5.82 Å². The second-order valence-corrected chi connectivity index (χ2v) is 5.26. The third kappa shape index (κ3) is 3.58. The molecular formula is C17H21FN2. The van der Waals surface area contributed by atoms with Crippen molar-refractivity contribution in [3.63, 3.8) is 0 Å². The lowest BCUT2D eigenvalue weighted by Crippen LogP contribution is -2.20. The Morgan fingerprint density at radius 1 is 0.950 bits per heavy atom. The molecule has 2 rings (SSSR count). The fraction of sp³-hybridized carbons (Fsp3) is 0.294. The lowest BCUT2D eigenvalue weighted by atomic mass is 10.0. The third-order valence-electron chi connectivity index (χ3n) is 3.43. The predicted octanol–water partition coefficient (Wildman–Crippen LogP) is 4.06. The van der Waals surface area contributed by atoms with E-state index in [1.165, 1.54) is 17.7 Å². The minimum Gasteiger partial charge on any atom is -0.377 e. The zero-order valence-electron chi connectivity index (χ0n) is 11.9. The Kier molecular flexibility index (Phi) is 4.74. The van der Waals surface area contributed by atoms with Crippen LogP contribution in [0.4, 0.5) is 10.1 Å². The van der Waals surface area contributed by atoms with Crippen LogP contribution in [0.25, 0.3) is 0 Å². The Labute approximate surface area is 119 Å². The molecule has 106 valence electrons. The Morgan fingerprint density at radius 3 is 2.00 bits per heavy atom. The van der Waals surface area contributed by atoms with Gasteiger partial charge in [0.15, 0.2) is 0 Å². The Morgan fingerprint density at radius 2 is 1.50 bits per heavy atom. The van der Waals surface area contributed by atoms with Gasteiger partial charge >= 0.3 is 0 Å². The number of anilines is 1. The SMILES string of the molecule is CC(C)c1ccc(NC(CN)c2ccc(F)cc2)cc1. The molecule has 3 N–H and O–H groups in total. The van der Waals surface area contributed by atoms with Gasteiger partial charge in [0, 0.05) is 12.2 Å². The van der Waals surface area contributed by atoms with Crippen molar-refractivity contribution in [1.29, 1.82) is 0 Å². The molecule has 0 bridgehead atoms. The van der Waals surface area contributed by atoms with E-state index in [1.54, 1.807) is 12.1 Å². The van der Waals surface area contributed by atoms with E-state index in [-0.39, 0.29) is 11.9 Å². The second kappa shape index (κ2) is 6.53. The Hall–Kier alpha value is -1.87. The molecule has 1 atom stereocenters. The number of hydrogen-bond donors (Lipinski definition) is 2. The third-order valence-corrected chi connectivity index (χ3v) is 3.43. The van der Waals surface area contributed by atoms with Gasteiger partial charge < -0.3 is 11.1 Å². The van der Waals surface area contributed by atoms with Gasteiger partial charge in [-0.2, -0.15) is 0 Å². The fourth-order valence-electron chi connectivity index (χ4n) is 2.14. The van der Waals surface area contributed by atoms with Crippen molar-refractivity contribution in [2.45, 2.75) is 25.8 Å². The van der Waals surface area contributed by atoms with Gasteiger partial charge in [0.25, 0.3) is 0 Å². The molecule has 2 aromatic carbocycles. The number of nitrogens with one attached hydrogen (secondary N) is 1. The van der Waals surface area contributed by atoms with E-state index in [1.807, 2.05) is 0 Å². The molecule has 2 aromatic rings. The van der Waals surface area contributed by atoms with Crippen LogP contribution < -0.4 is 11.1 Å². The normalized spacial score (nSPS) is 12.4. The molecular weight excluding hydrogens is 251 g/mol. The number of halogens is 1. The molecule has 0 saturated carbocycles. The van der Waals surface area contributed by atoms with E-state index in [4.69, 9.17) is 5.73 Å². The van der Waals surface area contributed by atoms with E-state index in [2.05, 4.69) is 43.4 Å². The van der Waals surface area contributed by atoms with Crippen molar-refractivity contribution in [2.24, 2.45) is 5.73 Å². The maximum absolute atomic E-state index is 12.9. The first kappa shape index (κ1) is 14.5. The summed E-state index contributed by atoms with van der Waals surface area (Å²) in [4.78, 5) is 0. The monoisotopic (exact) mass is 272 g/mol. The van der Waals surface area contributed by atoms with Gasteiger partial charge in [0.1, 0.15) is 5.82 Å². The smallest absolute Gasteiger partial charge is 0.123 e. The zero-order valence-corrected chi connectivity index (χ0v) is 11.9. The summed E-state index contributed by atoms with van der Waals surface area (Å²) in [6.45, 7) is 4.80. The molecule has 0 aliphatic rings. The Balaban J connectivity index is 2.11. The molecule has 3 heteroatoms. The van der Waals surface area contributed by atoms with Crippen LogP contribution in [0.2, 0.25) is 0 Å². The molecule has 2 nitrogen and oxygen atoms in total. The first-order valence-corrected chi connectivity index (χ1v) is 6.92. The summed E-state index contributed by atoms with van der Waals surface area (Å²) in [5.41, 5.74) is 9.13. The molecule has 0 spiro atoms. The van der Waals surface area contributed by atoms with Gasteiger partial charge in [0.2, 0.25) is 0 Å². The van der Waals surface area contributed by atoms with E-state index in [0.717, 1.165) is 11.3 Å². The van der Waals surface area contributed by atoms with Crippen molar-refractivity contribution in [3.05, 3.63) is 65.5 Å². The highest BCUT2D eigenvalue weighted by atomic mass is 19.1. The van der Waals surface area contributed by atoms with Crippen molar-refractivity contribution >= 4 is 5.69 Å². The lowest BCUT2D eigenvalue weighted by Gasteiger charge is -2.19. The highest BCUT2D eigenvalue weighted by Crippen LogP contribution is 2.21. The largest absolute Gasteiger partial charge is 0.377 e. The highest BCUT2D eigenvalue weighted by Gasteiger charge is 2.09. The molecule has 20 heavy (non-hydrogen) atoms. The second-order valence-electron chi connectivity index (χ2n) is 5.26. The maximum atomic E-state index is 12.9. The first-order chi connectivity index (χ1) is 9.60. The molecule has 0 fully saturated rings. The van der Waals surface area contributed by atoms with E-state index in [0.29, 0.717) is 12.5 Å². The van der Waals surface area contributed by atoms with Crippen molar-refractivity contribution in [1.82, 2.24) is 0 Å². The van der Waals surface area contributed by atoms with Crippen LogP contribution in [-0.2, 0) is 0 Å². The number of hydrogen-bond acceptors (Lipinski definition) is 2. The summed E-state index contributed by atoms with van der Waals surface area (Å²) in [7, 11) is 0. The average Bonchev–Trinajstić information content (AvgIpc) is 2.46. The minimum atomic E-state index is -0.231. The Bertz CT molecular complexity index is 532. The molecule has 0 saturated heterocycles. The minimum absolute atomic E-state index is 0.0134. The summed E-state index contributed by atoms with van der Waals surface area (Å²) in [5.74, 6) is 0.289. The summed E-state index contributed by atoms with van der Waals surface area (Å²) in [5, 5.41) is 3.38.